The van der Waals surface area contributed by atoms with Crippen molar-refractivity contribution >= 4 is 11.8 Å². The molecule has 102 valence electrons. The molecule has 0 amide bonds. The lowest BCUT2D eigenvalue weighted by Gasteiger charge is -2.36. The largest absolute Gasteiger partial charge is 0.457 e. The fraction of sp³-hybridized carbons (Fsp3) is 0.222. The van der Waals surface area contributed by atoms with Gasteiger partial charge in [-0.1, -0.05) is 48.5 Å². The van der Waals surface area contributed by atoms with Gasteiger partial charge in [0.05, 0.1) is 11.8 Å². The smallest absolute Gasteiger partial charge is 0.310 e. The van der Waals surface area contributed by atoms with E-state index in [1.807, 2.05) is 48.5 Å². The summed E-state index contributed by atoms with van der Waals surface area (Å²) in [7, 11) is 0. The van der Waals surface area contributed by atoms with Crippen LogP contribution in [0.1, 0.15) is 39.9 Å². The molecule has 3 nitrogen and oxygen atoms in total. The second-order valence-electron chi connectivity index (χ2n) is 6.15. The van der Waals surface area contributed by atoms with E-state index < -0.39 is 5.60 Å². The van der Waals surface area contributed by atoms with Gasteiger partial charge in [-0.25, -0.2) is 0 Å². The Kier molecular flexibility index (Phi) is 1.74. The molecule has 21 heavy (non-hydrogen) atoms. The van der Waals surface area contributed by atoms with E-state index in [0.717, 1.165) is 28.7 Å². The fourth-order valence-electron chi connectivity index (χ4n) is 4.24. The zero-order chi connectivity index (χ0) is 14.2. The maximum atomic E-state index is 12.7. The van der Waals surface area contributed by atoms with Gasteiger partial charge in [-0.2, -0.15) is 0 Å². The lowest BCUT2D eigenvalue weighted by molar-refractivity contribution is -0.176. The van der Waals surface area contributed by atoms with E-state index in [2.05, 4.69) is 0 Å². The molecule has 1 aliphatic heterocycles. The first-order valence-corrected chi connectivity index (χ1v) is 7.14. The maximum Gasteiger partial charge on any atom is 0.310 e. The highest BCUT2D eigenvalue weighted by molar-refractivity contribution is 6.14. The number of fused-ring (bicyclic) bond motifs is 5. The van der Waals surface area contributed by atoms with Gasteiger partial charge in [-0.3, -0.25) is 9.59 Å². The molecule has 2 aromatic rings. The number of ketones is 1. The lowest BCUT2D eigenvalue weighted by Crippen LogP contribution is -2.44. The molecule has 0 aromatic heterocycles. The number of hydrogen-bond acceptors (Lipinski definition) is 3. The number of esters is 1. The van der Waals surface area contributed by atoms with Crippen LogP contribution in [0, 0.1) is 0 Å². The summed E-state index contributed by atoms with van der Waals surface area (Å²) in [6.45, 7) is 0. The predicted molar refractivity (Wildman–Crippen MR) is 75.2 cm³/mol. The zero-order valence-corrected chi connectivity index (χ0v) is 11.3. The second kappa shape index (κ2) is 3.25. The van der Waals surface area contributed by atoms with Crippen molar-refractivity contribution in [2.24, 2.45) is 0 Å². The molecule has 2 spiro atoms. The molecular formula is C18H12O3. The van der Waals surface area contributed by atoms with E-state index in [4.69, 9.17) is 4.74 Å². The minimum absolute atomic E-state index is 0.0690. The highest BCUT2D eigenvalue weighted by Crippen LogP contribution is 2.71. The van der Waals surface area contributed by atoms with E-state index in [0.29, 0.717) is 6.42 Å². The monoisotopic (exact) mass is 276 g/mol. The molecule has 1 saturated heterocycles. The van der Waals surface area contributed by atoms with Crippen LogP contribution in [0.5, 0.6) is 0 Å². The first-order valence-electron chi connectivity index (χ1n) is 7.14. The van der Waals surface area contributed by atoms with Gasteiger partial charge in [-0.15, -0.1) is 0 Å². The van der Waals surface area contributed by atoms with Gasteiger partial charge in [0, 0.05) is 17.5 Å². The number of hydrogen-bond donors (Lipinski definition) is 0. The number of carbonyl (C=O) groups excluding carboxylic acids is 2. The Morgan fingerprint density at radius 3 is 1.90 bits per heavy atom. The molecule has 2 fully saturated rings. The molecule has 1 saturated carbocycles. The SMILES string of the molecule is O=C1CC2(CC23c2ccccc2C(=O)c2ccccc23)O1. The molecule has 1 unspecified atom stereocenters. The highest BCUT2D eigenvalue weighted by atomic mass is 16.6. The fourth-order valence-corrected chi connectivity index (χ4v) is 4.24. The van der Waals surface area contributed by atoms with Crippen LogP contribution in [0.3, 0.4) is 0 Å². The molecule has 2 aromatic carbocycles. The number of benzene rings is 2. The van der Waals surface area contributed by atoms with Gasteiger partial charge in [0.1, 0.15) is 5.60 Å². The van der Waals surface area contributed by atoms with Crippen LogP contribution in [0.4, 0.5) is 0 Å². The van der Waals surface area contributed by atoms with Crippen molar-refractivity contribution in [1.82, 2.24) is 0 Å². The third-order valence-corrected chi connectivity index (χ3v) is 5.21. The van der Waals surface area contributed by atoms with Gasteiger partial charge in [0.2, 0.25) is 0 Å². The highest BCUT2D eigenvalue weighted by Gasteiger charge is 2.78. The molecular weight excluding hydrogens is 264 g/mol. The van der Waals surface area contributed by atoms with E-state index in [-0.39, 0.29) is 17.2 Å². The van der Waals surface area contributed by atoms with Gasteiger partial charge >= 0.3 is 5.97 Å². The van der Waals surface area contributed by atoms with Crippen molar-refractivity contribution in [1.29, 1.82) is 0 Å². The van der Waals surface area contributed by atoms with Gasteiger partial charge in [0.15, 0.2) is 5.78 Å². The normalized spacial score (nSPS) is 26.9. The minimum atomic E-state index is -0.420. The summed E-state index contributed by atoms with van der Waals surface area (Å²) in [4.78, 5) is 24.1. The van der Waals surface area contributed by atoms with E-state index in [9.17, 15) is 9.59 Å². The third-order valence-electron chi connectivity index (χ3n) is 5.21. The van der Waals surface area contributed by atoms with E-state index >= 15 is 0 Å². The van der Waals surface area contributed by atoms with Crippen molar-refractivity contribution < 1.29 is 14.3 Å². The van der Waals surface area contributed by atoms with Crippen LogP contribution in [0.15, 0.2) is 48.5 Å². The topological polar surface area (TPSA) is 43.4 Å². The van der Waals surface area contributed by atoms with Crippen molar-refractivity contribution in [2.45, 2.75) is 23.9 Å². The standard InChI is InChI=1S/C18H12O3/c19-15-9-17(21-15)10-18(17)13-7-3-1-5-11(13)16(20)12-6-2-4-8-14(12)18/h1-8H,9-10H2. The Morgan fingerprint density at radius 2 is 1.38 bits per heavy atom. The number of rotatable bonds is 0. The minimum Gasteiger partial charge on any atom is -0.457 e. The van der Waals surface area contributed by atoms with Gasteiger partial charge < -0.3 is 4.74 Å². The first kappa shape index (κ1) is 11.3. The van der Waals surface area contributed by atoms with Crippen LogP contribution in [-0.2, 0) is 14.9 Å². The van der Waals surface area contributed by atoms with Crippen LogP contribution in [0.25, 0.3) is 0 Å². The van der Waals surface area contributed by atoms with Crippen molar-refractivity contribution in [3.8, 4) is 0 Å². The Bertz CT molecular complexity index is 776. The number of ether oxygens (including phenoxy) is 1. The molecule has 2 aliphatic carbocycles. The lowest BCUT2D eigenvalue weighted by atomic mass is 9.72. The average Bonchev–Trinajstić information content (AvgIpc) is 3.16. The molecule has 3 aliphatic rings. The summed E-state index contributed by atoms with van der Waals surface area (Å²) in [5.41, 5.74) is 2.79. The first-order chi connectivity index (χ1) is 10.2. The number of carbonyl (C=O) groups is 2. The molecule has 0 bridgehead atoms. The average molecular weight is 276 g/mol. The Morgan fingerprint density at radius 1 is 0.857 bits per heavy atom. The van der Waals surface area contributed by atoms with Crippen LogP contribution in [0.2, 0.25) is 0 Å². The quantitative estimate of drug-likeness (QED) is 0.695. The molecule has 1 heterocycles. The third kappa shape index (κ3) is 1.09. The van der Waals surface area contributed by atoms with Crippen LogP contribution < -0.4 is 0 Å². The summed E-state index contributed by atoms with van der Waals surface area (Å²) >= 11 is 0. The van der Waals surface area contributed by atoms with Gasteiger partial charge in [0.25, 0.3) is 0 Å². The molecule has 0 N–H and O–H groups in total. The summed E-state index contributed by atoms with van der Waals surface area (Å²) in [6.07, 6.45) is 1.23. The van der Waals surface area contributed by atoms with E-state index in [1.165, 1.54) is 0 Å². The van der Waals surface area contributed by atoms with Crippen molar-refractivity contribution in [3.63, 3.8) is 0 Å². The molecule has 1 atom stereocenters. The van der Waals surface area contributed by atoms with Crippen LogP contribution >= 0.6 is 0 Å². The maximum absolute atomic E-state index is 12.7. The van der Waals surface area contributed by atoms with Crippen molar-refractivity contribution in [2.75, 3.05) is 0 Å². The molecule has 3 heteroatoms. The summed E-state index contributed by atoms with van der Waals surface area (Å²) in [6, 6.07) is 15.4. The predicted octanol–water partition coefficient (Wildman–Crippen LogP) is 2.61. The van der Waals surface area contributed by atoms with Gasteiger partial charge in [-0.05, 0) is 11.1 Å². The Balaban J connectivity index is 1.83. The summed E-state index contributed by atoms with van der Waals surface area (Å²) in [5.74, 6) is -0.0711. The Labute approximate surface area is 121 Å². The van der Waals surface area contributed by atoms with Crippen LogP contribution in [-0.4, -0.2) is 17.4 Å². The summed E-state index contributed by atoms with van der Waals surface area (Å²) < 4.78 is 5.53. The summed E-state index contributed by atoms with van der Waals surface area (Å²) in [5, 5.41) is 0. The second-order valence-corrected chi connectivity index (χ2v) is 6.15. The molecule has 0 radical (unpaired) electrons. The van der Waals surface area contributed by atoms with E-state index in [1.54, 1.807) is 0 Å². The molecule has 5 rings (SSSR count). The zero-order valence-electron chi connectivity index (χ0n) is 11.3. The Hall–Kier alpha value is -2.42. The van der Waals surface area contributed by atoms with Crippen molar-refractivity contribution in [3.05, 3.63) is 70.8 Å².